The van der Waals surface area contributed by atoms with Crippen molar-refractivity contribution in [3.8, 4) is 0 Å². The third kappa shape index (κ3) is 1.98. The van der Waals surface area contributed by atoms with Crippen LogP contribution in [0.1, 0.15) is 46.4 Å². The van der Waals surface area contributed by atoms with E-state index in [1.165, 1.54) is 40.8 Å². The number of aromatic nitrogens is 1. The van der Waals surface area contributed by atoms with Gasteiger partial charge in [0.25, 0.3) is 0 Å². The van der Waals surface area contributed by atoms with Crippen LogP contribution in [0.5, 0.6) is 0 Å². The third-order valence-electron chi connectivity index (χ3n) is 3.97. The van der Waals surface area contributed by atoms with Crippen molar-refractivity contribution >= 4 is 11.3 Å². The molecule has 2 atom stereocenters. The topological polar surface area (TPSA) is 38.9 Å². The molecule has 0 fully saturated rings. The predicted molar refractivity (Wildman–Crippen MR) is 75.9 cm³/mol. The Hall–Kier alpha value is -1.19. The molecule has 2 aromatic heterocycles. The maximum Gasteiger partial charge on any atom is 0.0382 e. The van der Waals surface area contributed by atoms with E-state index in [-0.39, 0.29) is 6.04 Å². The van der Waals surface area contributed by atoms with Crippen molar-refractivity contribution in [3.05, 3.63) is 51.5 Å². The molecule has 2 nitrogen and oxygen atoms in total. The molecular weight excluding hydrogens is 240 g/mol. The van der Waals surface area contributed by atoms with Gasteiger partial charge in [-0.25, -0.2) is 0 Å². The van der Waals surface area contributed by atoms with Gasteiger partial charge in [0.1, 0.15) is 0 Å². The number of pyridine rings is 1. The summed E-state index contributed by atoms with van der Waals surface area (Å²) in [6.45, 7) is 2.12. The number of fused-ring (bicyclic) bond motifs is 1. The van der Waals surface area contributed by atoms with Gasteiger partial charge in [-0.1, -0.05) is 0 Å². The van der Waals surface area contributed by atoms with E-state index in [1.54, 1.807) is 0 Å². The first-order valence-corrected chi connectivity index (χ1v) is 7.37. The minimum atomic E-state index is 0.0762. The highest BCUT2D eigenvalue weighted by Crippen LogP contribution is 2.41. The van der Waals surface area contributed by atoms with Gasteiger partial charge in [-0.05, 0) is 60.4 Å². The summed E-state index contributed by atoms with van der Waals surface area (Å²) in [4.78, 5) is 5.76. The van der Waals surface area contributed by atoms with E-state index in [0.29, 0.717) is 5.92 Å². The molecule has 3 rings (SSSR count). The Morgan fingerprint density at radius 3 is 3.17 bits per heavy atom. The molecule has 2 N–H and O–H groups in total. The van der Waals surface area contributed by atoms with Crippen LogP contribution in [0.15, 0.2) is 29.9 Å². The lowest BCUT2D eigenvalue weighted by atomic mass is 9.80. The largest absolute Gasteiger partial charge is 0.323 e. The third-order valence-corrected chi connectivity index (χ3v) is 4.97. The average Bonchev–Trinajstić information content (AvgIpc) is 2.86. The normalized spacial score (nSPS) is 20.4. The van der Waals surface area contributed by atoms with Gasteiger partial charge in [0.15, 0.2) is 0 Å². The first-order chi connectivity index (χ1) is 8.77. The molecule has 94 valence electrons. The van der Waals surface area contributed by atoms with Gasteiger partial charge < -0.3 is 5.73 Å². The zero-order chi connectivity index (χ0) is 12.5. The minimum absolute atomic E-state index is 0.0762. The number of hydrogen-bond acceptors (Lipinski definition) is 3. The van der Waals surface area contributed by atoms with Crippen molar-refractivity contribution in [2.75, 3.05) is 0 Å². The summed E-state index contributed by atoms with van der Waals surface area (Å²) >= 11 is 1.87. The highest BCUT2D eigenvalue weighted by molar-refractivity contribution is 7.10. The molecule has 2 aromatic rings. The molecule has 18 heavy (non-hydrogen) atoms. The fourth-order valence-electron chi connectivity index (χ4n) is 2.94. The van der Waals surface area contributed by atoms with Crippen LogP contribution in [0.4, 0.5) is 0 Å². The summed E-state index contributed by atoms with van der Waals surface area (Å²) in [5.74, 6) is 0.461. The second kappa shape index (κ2) is 4.82. The smallest absolute Gasteiger partial charge is 0.0382 e. The SMILES string of the molecule is Cc1ccncc1C(N)C1CCCc2sccc21. The Bertz CT molecular complexity index is 547. The number of rotatable bonds is 2. The van der Waals surface area contributed by atoms with Gasteiger partial charge in [0.2, 0.25) is 0 Å². The van der Waals surface area contributed by atoms with Crippen LogP contribution in [0, 0.1) is 6.92 Å². The van der Waals surface area contributed by atoms with Crippen molar-refractivity contribution in [2.45, 2.75) is 38.1 Å². The maximum absolute atomic E-state index is 6.51. The van der Waals surface area contributed by atoms with Gasteiger partial charge in [0.05, 0.1) is 0 Å². The van der Waals surface area contributed by atoms with Crippen molar-refractivity contribution < 1.29 is 0 Å². The predicted octanol–water partition coefficient (Wildman–Crippen LogP) is 3.57. The van der Waals surface area contributed by atoms with E-state index < -0.39 is 0 Å². The molecule has 0 aromatic carbocycles. The fourth-order valence-corrected chi connectivity index (χ4v) is 3.93. The second-order valence-electron chi connectivity index (χ2n) is 5.06. The zero-order valence-corrected chi connectivity index (χ0v) is 11.4. The van der Waals surface area contributed by atoms with Gasteiger partial charge >= 0.3 is 0 Å². The number of nitrogens with two attached hydrogens (primary N) is 1. The molecule has 3 heteroatoms. The molecular formula is C15H18N2S. The van der Waals surface area contributed by atoms with Crippen LogP contribution in [-0.2, 0) is 6.42 Å². The summed E-state index contributed by atoms with van der Waals surface area (Å²) in [6.07, 6.45) is 7.44. The molecule has 1 aliphatic rings. The first kappa shape index (κ1) is 11.9. The summed E-state index contributed by atoms with van der Waals surface area (Å²) in [6, 6.07) is 4.38. The molecule has 0 spiro atoms. The summed E-state index contributed by atoms with van der Waals surface area (Å²) < 4.78 is 0. The second-order valence-corrected chi connectivity index (χ2v) is 6.06. The van der Waals surface area contributed by atoms with Crippen LogP contribution < -0.4 is 5.73 Å². The van der Waals surface area contributed by atoms with Gasteiger partial charge in [0, 0.05) is 29.2 Å². The highest BCUT2D eigenvalue weighted by Gasteiger charge is 2.28. The Balaban J connectivity index is 1.95. The Morgan fingerprint density at radius 1 is 1.44 bits per heavy atom. The molecule has 1 aliphatic carbocycles. The fraction of sp³-hybridized carbons (Fsp3) is 0.400. The van der Waals surface area contributed by atoms with Gasteiger partial charge in [-0.3, -0.25) is 4.98 Å². The van der Waals surface area contributed by atoms with E-state index >= 15 is 0 Å². The minimum Gasteiger partial charge on any atom is -0.323 e. The Kier molecular flexibility index (Phi) is 3.18. The van der Waals surface area contributed by atoms with Crippen LogP contribution in [0.2, 0.25) is 0 Å². The van der Waals surface area contributed by atoms with Crippen molar-refractivity contribution in [3.63, 3.8) is 0 Å². The van der Waals surface area contributed by atoms with Crippen LogP contribution in [-0.4, -0.2) is 4.98 Å². The van der Waals surface area contributed by atoms with E-state index in [9.17, 15) is 0 Å². The number of aryl methyl sites for hydroxylation is 2. The van der Waals surface area contributed by atoms with Crippen LogP contribution >= 0.6 is 11.3 Å². The molecule has 0 saturated carbocycles. The van der Waals surface area contributed by atoms with E-state index in [0.717, 1.165) is 0 Å². The molecule has 0 amide bonds. The summed E-state index contributed by atoms with van der Waals surface area (Å²) in [5, 5.41) is 2.20. The van der Waals surface area contributed by atoms with E-state index in [2.05, 4.69) is 23.4 Å². The van der Waals surface area contributed by atoms with Gasteiger partial charge in [-0.2, -0.15) is 0 Å². The van der Waals surface area contributed by atoms with Gasteiger partial charge in [-0.15, -0.1) is 11.3 Å². The van der Waals surface area contributed by atoms with Crippen LogP contribution in [0.25, 0.3) is 0 Å². The average molecular weight is 258 g/mol. The summed E-state index contributed by atoms with van der Waals surface area (Å²) in [7, 11) is 0. The Morgan fingerprint density at radius 2 is 2.33 bits per heavy atom. The van der Waals surface area contributed by atoms with E-state index in [4.69, 9.17) is 5.73 Å². The zero-order valence-electron chi connectivity index (χ0n) is 10.6. The number of hydrogen-bond donors (Lipinski definition) is 1. The Labute approximate surface area is 112 Å². The standard InChI is InChI=1S/C15H18N2S/c1-10-5-7-17-9-13(10)15(16)12-3-2-4-14-11(12)6-8-18-14/h5-9,12,15H,2-4,16H2,1H3. The quantitative estimate of drug-likeness (QED) is 0.894. The molecule has 0 saturated heterocycles. The van der Waals surface area contributed by atoms with Crippen molar-refractivity contribution in [1.82, 2.24) is 4.98 Å². The first-order valence-electron chi connectivity index (χ1n) is 6.49. The van der Waals surface area contributed by atoms with Crippen molar-refractivity contribution in [2.24, 2.45) is 5.73 Å². The highest BCUT2D eigenvalue weighted by atomic mass is 32.1. The monoisotopic (exact) mass is 258 g/mol. The number of thiophene rings is 1. The number of nitrogens with zero attached hydrogens (tertiary/aromatic N) is 1. The lowest BCUT2D eigenvalue weighted by Crippen LogP contribution is -2.23. The van der Waals surface area contributed by atoms with Crippen molar-refractivity contribution in [1.29, 1.82) is 0 Å². The van der Waals surface area contributed by atoms with Crippen LogP contribution in [0.3, 0.4) is 0 Å². The molecule has 2 unspecified atom stereocenters. The maximum atomic E-state index is 6.51. The molecule has 0 bridgehead atoms. The lowest BCUT2D eigenvalue weighted by Gasteiger charge is -2.29. The van der Waals surface area contributed by atoms with E-state index in [1.807, 2.05) is 29.8 Å². The molecule has 2 heterocycles. The summed E-state index contributed by atoms with van der Waals surface area (Å²) in [5.41, 5.74) is 10.4. The lowest BCUT2D eigenvalue weighted by molar-refractivity contribution is 0.477. The molecule has 0 radical (unpaired) electrons. The molecule has 0 aliphatic heterocycles.